The number of Topliss-reactive ketones (excluding diaryl/α,β-unsaturated/α-hetero) is 2. The number of nitrogens with one attached hydrogen (secondary N) is 7. The van der Waals surface area contributed by atoms with Gasteiger partial charge in [-0.1, -0.05) is 81.7 Å². The third kappa shape index (κ3) is 22.8. The lowest BCUT2D eigenvalue weighted by Gasteiger charge is -2.29. The largest absolute Gasteiger partial charge is 0.508 e. The number of carbonyl (C=O) groups is 10. The Morgan fingerprint density at radius 3 is 1.86 bits per heavy atom. The SMILES string of the molecule is CNCCCC[C@@H]1NC(=O)[C@@H](Cc2ccc(C(N)=O)cc2)NC(=O)[C@H](Cc2ccc(O)cc2)CC(=O)[C@H](NC(=O)[C@@H](CC(=O)CCN)Cc2ccc(Cl)cc2)CSSC[C@@H](C(=O)N[C@H](Cc2ccc(O)cc2)C(N)=O)NC(=O)[C@H]([C@@H](C)O)NC1=O. The van der Waals surface area contributed by atoms with Gasteiger partial charge < -0.3 is 69.7 Å². The fourth-order valence-corrected chi connectivity index (χ4v) is 11.7. The van der Waals surface area contributed by atoms with Gasteiger partial charge in [0.2, 0.25) is 47.3 Å². The molecule has 0 unspecified atom stereocenters. The fourth-order valence-electron chi connectivity index (χ4n) is 9.19. The van der Waals surface area contributed by atoms with Crippen LogP contribution in [0.2, 0.25) is 5.02 Å². The van der Waals surface area contributed by atoms with Crippen LogP contribution in [0.5, 0.6) is 11.5 Å². The Hall–Kier alpha value is -7.55. The van der Waals surface area contributed by atoms with Gasteiger partial charge in [0.1, 0.15) is 47.5 Å². The number of halogens is 1. The molecule has 23 nitrogen and oxygen atoms in total. The first-order valence-corrected chi connectivity index (χ1v) is 30.5. The number of primary amides is 2. The van der Waals surface area contributed by atoms with Crippen LogP contribution in [-0.2, 0) is 68.8 Å². The fraction of sp³-hybridized carbons (Fsp3) is 0.424. The number of rotatable bonds is 24. The van der Waals surface area contributed by atoms with E-state index < -0.39 is 114 Å². The van der Waals surface area contributed by atoms with Gasteiger partial charge >= 0.3 is 0 Å². The lowest BCUT2D eigenvalue weighted by Crippen LogP contribution is -2.62. The summed E-state index contributed by atoms with van der Waals surface area (Å²) in [5.74, 6) is -10.9. The zero-order valence-corrected chi connectivity index (χ0v) is 49.6. The molecule has 85 heavy (non-hydrogen) atoms. The zero-order valence-electron chi connectivity index (χ0n) is 47.2. The van der Waals surface area contributed by atoms with Crippen LogP contribution >= 0.6 is 33.2 Å². The Labute approximate surface area is 505 Å². The van der Waals surface area contributed by atoms with Gasteiger partial charge in [0.25, 0.3) is 0 Å². The quantitative estimate of drug-likeness (QED) is 0.0346. The van der Waals surface area contributed by atoms with Gasteiger partial charge in [-0.2, -0.15) is 0 Å². The lowest BCUT2D eigenvalue weighted by molar-refractivity contribution is -0.137. The number of phenolic OH excluding ortho intramolecular Hbond substituents is 2. The Kier molecular flexibility index (Phi) is 27.6. The molecule has 458 valence electrons. The summed E-state index contributed by atoms with van der Waals surface area (Å²) in [6.45, 7) is 1.76. The molecule has 1 saturated heterocycles. The molecule has 1 heterocycles. The molecule has 0 bridgehead atoms. The van der Waals surface area contributed by atoms with E-state index in [4.69, 9.17) is 28.8 Å². The van der Waals surface area contributed by atoms with Crippen molar-refractivity contribution in [3.8, 4) is 11.5 Å². The van der Waals surface area contributed by atoms with E-state index in [-0.39, 0.29) is 85.8 Å². The molecular weight excluding hydrogens is 1160 g/mol. The Balaban J connectivity index is 1.62. The van der Waals surface area contributed by atoms with E-state index in [9.17, 15) is 58.5 Å². The number of ketones is 2. The van der Waals surface area contributed by atoms with E-state index in [0.717, 1.165) is 21.6 Å². The van der Waals surface area contributed by atoms with Crippen molar-refractivity contribution in [1.29, 1.82) is 0 Å². The Morgan fingerprint density at radius 1 is 0.694 bits per heavy atom. The number of carbonyl (C=O) groups excluding carboxylic acids is 10. The molecule has 0 aromatic heterocycles. The van der Waals surface area contributed by atoms with Crippen molar-refractivity contribution in [3.05, 3.63) is 130 Å². The van der Waals surface area contributed by atoms with Crippen LogP contribution < -0.4 is 54.4 Å². The number of unbranched alkanes of at least 4 members (excludes halogenated alkanes) is 1. The summed E-state index contributed by atoms with van der Waals surface area (Å²) < 4.78 is 0. The summed E-state index contributed by atoms with van der Waals surface area (Å²) in [6.07, 6.45) is -2.07. The van der Waals surface area contributed by atoms with E-state index in [2.05, 4.69) is 37.2 Å². The molecule has 8 amide bonds. The van der Waals surface area contributed by atoms with E-state index in [1.807, 2.05) is 0 Å². The van der Waals surface area contributed by atoms with E-state index >= 15 is 4.79 Å². The number of phenols is 2. The molecule has 4 aromatic carbocycles. The standard InChI is InChI=1S/C59H75ClN10O13S2/c1-33(71)51-59(83)69-49(58(82)66-46(53(63)77)27-37-12-20-43(73)21-13-37)32-85-84-31-48(68-54(78)39(29-44(74)22-23-61)25-34-8-16-41(60)17-9-34)50(75)30-40(26-35-10-18-42(72)19-11-35)55(79)67-47(28-36-6-14-38(15-7-36)52(62)76)57(81)65-45(56(80)70-51)5-3-4-24-64-2/h6-21,33,39-40,45-49,51,64,71-73H,3-5,22-32,61H2,1-2H3,(H2,62,76)(H2,63,77)(H,65,81)(H,66,82)(H,67,79)(H,68,78)(H,69,83)(H,70,80)/t33-,39-,40-,45+,46-,47-,48-,49+,51+/m1/s1. The lowest BCUT2D eigenvalue weighted by atomic mass is 9.90. The van der Waals surface area contributed by atoms with Crippen molar-refractivity contribution in [3.63, 3.8) is 0 Å². The van der Waals surface area contributed by atoms with Crippen LogP contribution in [0.3, 0.4) is 0 Å². The second-order valence-electron chi connectivity index (χ2n) is 20.8. The molecule has 0 saturated carbocycles. The second-order valence-corrected chi connectivity index (χ2v) is 23.8. The van der Waals surface area contributed by atoms with Crippen LogP contribution in [0.4, 0.5) is 0 Å². The normalized spacial score (nSPS) is 20.5. The van der Waals surface area contributed by atoms with Gasteiger partial charge in [-0.3, -0.25) is 47.9 Å². The molecular formula is C59H75ClN10O13S2. The number of hydrogen-bond acceptors (Lipinski definition) is 17. The molecule has 0 aliphatic carbocycles. The van der Waals surface area contributed by atoms with Gasteiger partial charge in [-0.15, -0.1) is 0 Å². The van der Waals surface area contributed by atoms with E-state index in [1.165, 1.54) is 67.6 Å². The number of nitrogens with two attached hydrogens (primary N) is 3. The summed E-state index contributed by atoms with van der Waals surface area (Å²) in [7, 11) is 3.67. The van der Waals surface area contributed by atoms with Crippen LogP contribution in [0.25, 0.3) is 0 Å². The third-order valence-corrected chi connectivity index (χ3v) is 16.7. The first-order valence-electron chi connectivity index (χ1n) is 27.7. The highest BCUT2D eigenvalue weighted by Gasteiger charge is 2.37. The van der Waals surface area contributed by atoms with Crippen LogP contribution in [0, 0.1) is 11.8 Å². The minimum Gasteiger partial charge on any atom is -0.508 e. The first-order chi connectivity index (χ1) is 40.5. The molecule has 0 spiro atoms. The second kappa shape index (κ2) is 34.4. The topological polar surface area (TPSA) is 394 Å². The van der Waals surface area contributed by atoms with Crippen LogP contribution in [0.15, 0.2) is 97.1 Å². The first kappa shape index (κ1) is 68.2. The molecule has 1 fully saturated rings. The maximum atomic E-state index is 15.1. The maximum absolute atomic E-state index is 15.1. The number of amides is 8. The average Bonchev–Trinajstić information content (AvgIpc) is 3.60. The van der Waals surface area contributed by atoms with E-state index in [0.29, 0.717) is 46.7 Å². The summed E-state index contributed by atoms with van der Waals surface area (Å²) >= 11 is 6.17. The van der Waals surface area contributed by atoms with Crippen molar-refractivity contribution in [2.24, 2.45) is 29.0 Å². The Morgan fingerprint density at radius 2 is 1.26 bits per heavy atom. The number of aliphatic hydroxyl groups is 1. The van der Waals surface area contributed by atoms with Crippen molar-refractivity contribution < 1.29 is 63.3 Å². The molecule has 4 aromatic rings. The van der Waals surface area contributed by atoms with Gasteiger partial charge in [0, 0.05) is 66.0 Å². The average molecular weight is 1230 g/mol. The zero-order chi connectivity index (χ0) is 62.2. The molecule has 9 atom stereocenters. The summed E-state index contributed by atoms with van der Waals surface area (Å²) in [4.78, 5) is 141. The number of hydrogen-bond donors (Lipinski definition) is 13. The Bertz CT molecular complexity index is 2940. The minimum absolute atomic E-state index is 0.0113. The van der Waals surface area contributed by atoms with Crippen LogP contribution in [-0.4, -0.2) is 148 Å². The summed E-state index contributed by atoms with van der Waals surface area (Å²) in [6, 6.07) is 15.2. The predicted molar refractivity (Wildman–Crippen MR) is 322 cm³/mol. The van der Waals surface area contributed by atoms with Crippen molar-refractivity contribution >= 4 is 92.0 Å². The van der Waals surface area contributed by atoms with Crippen LogP contribution in [0.1, 0.15) is 78.1 Å². The predicted octanol–water partition coefficient (Wildman–Crippen LogP) is 1.18. The maximum Gasteiger partial charge on any atom is 0.248 e. The van der Waals surface area contributed by atoms with Crippen molar-refractivity contribution in [1.82, 2.24) is 37.2 Å². The molecule has 1 aliphatic rings. The molecule has 0 radical (unpaired) electrons. The highest BCUT2D eigenvalue weighted by molar-refractivity contribution is 8.76. The van der Waals surface area contributed by atoms with Gasteiger partial charge in [0.15, 0.2) is 5.78 Å². The van der Waals surface area contributed by atoms with Gasteiger partial charge in [-0.25, -0.2) is 0 Å². The highest BCUT2D eigenvalue weighted by Crippen LogP contribution is 2.27. The molecule has 1 aliphatic heterocycles. The van der Waals surface area contributed by atoms with Gasteiger partial charge in [0.05, 0.1) is 12.1 Å². The summed E-state index contributed by atoms with van der Waals surface area (Å²) in [5, 5.41) is 50.6. The number of aliphatic hydroxyl groups excluding tert-OH is 1. The monoisotopic (exact) mass is 1230 g/mol. The van der Waals surface area contributed by atoms with Crippen molar-refractivity contribution in [2.45, 2.75) is 113 Å². The molecule has 16 N–H and O–H groups in total. The third-order valence-electron chi connectivity index (χ3n) is 14.0. The minimum atomic E-state index is -1.76. The number of aromatic hydroxyl groups is 2. The number of benzene rings is 4. The molecule has 5 rings (SSSR count). The van der Waals surface area contributed by atoms with Gasteiger partial charge in [-0.05, 0) is 130 Å². The molecule has 26 heteroatoms. The smallest absolute Gasteiger partial charge is 0.248 e. The van der Waals surface area contributed by atoms with Crippen molar-refractivity contribution in [2.75, 3.05) is 31.6 Å². The summed E-state index contributed by atoms with van der Waals surface area (Å²) in [5.41, 5.74) is 19.2. The highest BCUT2D eigenvalue weighted by atomic mass is 35.5. The van der Waals surface area contributed by atoms with E-state index in [1.54, 1.807) is 43.4 Å².